The van der Waals surface area contributed by atoms with Crippen molar-refractivity contribution in [2.75, 3.05) is 12.9 Å². The van der Waals surface area contributed by atoms with Gasteiger partial charge in [-0.25, -0.2) is 21.6 Å². The van der Waals surface area contributed by atoms with E-state index in [2.05, 4.69) is 9.46 Å². The van der Waals surface area contributed by atoms with E-state index in [1.807, 2.05) is 0 Å². The van der Waals surface area contributed by atoms with E-state index >= 15 is 0 Å². The summed E-state index contributed by atoms with van der Waals surface area (Å²) in [6.45, 7) is 0.110. The maximum absolute atomic E-state index is 12.5. The first-order chi connectivity index (χ1) is 11.1. The number of nitrogens with one attached hydrogen (secondary N) is 1. The molecule has 0 radical (unpaired) electrons. The second-order valence-electron chi connectivity index (χ2n) is 5.23. The van der Waals surface area contributed by atoms with Crippen molar-refractivity contribution < 1.29 is 36.2 Å². The largest absolute Gasteiger partial charge is 0.506 e. The fourth-order valence-electron chi connectivity index (χ4n) is 2.31. The first-order valence-corrected chi connectivity index (χ1v) is 10.3. The monoisotopic (exact) mass is 379 g/mol. The molecule has 0 aliphatic carbocycles. The molecular weight excluding hydrogens is 362 g/mol. The van der Waals surface area contributed by atoms with Gasteiger partial charge in [-0.2, -0.15) is 4.72 Å². The SMILES string of the molecule is CS(=O)(=O)c1ccccc1S(=O)(=O)NC1CC(OC(=O)O)CCO1. The van der Waals surface area contributed by atoms with Gasteiger partial charge >= 0.3 is 6.16 Å². The predicted molar refractivity (Wildman–Crippen MR) is 81.7 cm³/mol. The molecule has 11 heteroatoms. The lowest BCUT2D eigenvalue weighted by atomic mass is 10.1. The van der Waals surface area contributed by atoms with Crippen LogP contribution in [-0.4, -0.2) is 53.3 Å². The summed E-state index contributed by atoms with van der Waals surface area (Å²) in [5.74, 6) is 0. The molecule has 0 saturated carbocycles. The number of hydrogen-bond donors (Lipinski definition) is 2. The van der Waals surface area contributed by atoms with Crippen LogP contribution in [0.25, 0.3) is 0 Å². The minimum Gasteiger partial charge on any atom is -0.450 e. The lowest BCUT2D eigenvalue weighted by molar-refractivity contribution is -0.0612. The van der Waals surface area contributed by atoms with Crippen LogP contribution >= 0.6 is 0 Å². The lowest BCUT2D eigenvalue weighted by Gasteiger charge is -2.29. The molecule has 1 aliphatic heterocycles. The van der Waals surface area contributed by atoms with Crippen molar-refractivity contribution in [1.29, 1.82) is 0 Å². The molecule has 2 N–H and O–H groups in total. The van der Waals surface area contributed by atoms with Crippen LogP contribution in [0.4, 0.5) is 4.79 Å². The van der Waals surface area contributed by atoms with Gasteiger partial charge in [-0.15, -0.1) is 0 Å². The van der Waals surface area contributed by atoms with Crippen LogP contribution in [0.1, 0.15) is 12.8 Å². The van der Waals surface area contributed by atoms with Gasteiger partial charge in [0.15, 0.2) is 9.84 Å². The zero-order valence-electron chi connectivity index (χ0n) is 12.7. The van der Waals surface area contributed by atoms with Crippen LogP contribution in [0.2, 0.25) is 0 Å². The summed E-state index contributed by atoms with van der Waals surface area (Å²) < 4.78 is 60.6. The van der Waals surface area contributed by atoms with Crippen LogP contribution in [0.15, 0.2) is 34.1 Å². The average molecular weight is 379 g/mol. The first kappa shape index (κ1) is 18.6. The number of rotatable bonds is 5. The van der Waals surface area contributed by atoms with Crippen molar-refractivity contribution in [3.8, 4) is 0 Å². The fourth-order valence-corrected chi connectivity index (χ4v) is 5.08. The minimum absolute atomic E-state index is 0.00737. The summed E-state index contributed by atoms with van der Waals surface area (Å²) in [7, 11) is -7.93. The molecule has 2 unspecified atom stereocenters. The average Bonchev–Trinajstić information content (AvgIpc) is 2.45. The summed E-state index contributed by atoms with van der Waals surface area (Å²) in [6.07, 6.45) is -1.95. The number of carboxylic acid groups (broad SMARTS) is 1. The van der Waals surface area contributed by atoms with Gasteiger partial charge in [-0.05, 0) is 12.1 Å². The molecule has 24 heavy (non-hydrogen) atoms. The van der Waals surface area contributed by atoms with E-state index in [4.69, 9.17) is 9.84 Å². The standard InChI is InChI=1S/C13H17NO8S2/c1-23(17,18)10-4-2-3-5-11(10)24(19,20)14-12-8-9(6-7-21-12)22-13(15)16/h2-5,9,12,14H,6-8H2,1H3,(H,15,16). The minimum atomic E-state index is -4.18. The highest BCUT2D eigenvalue weighted by Crippen LogP contribution is 2.23. The quantitative estimate of drug-likeness (QED) is 0.709. The summed E-state index contributed by atoms with van der Waals surface area (Å²) in [6, 6.07) is 5.19. The Morgan fingerprint density at radius 3 is 2.46 bits per heavy atom. The molecule has 9 nitrogen and oxygen atoms in total. The van der Waals surface area contributed by atoms with E-state index in [1.165, 1.54) is 24.3 Å². The highest BCUT2D eigenvalue weighted by Gasteiger charge is 2.31. The van der Waals surface area contributed by atoms with Gasteiger partial charge < -0.3 is 14.6 Å². The highest BCUT2D eigenvalue weighted by atomic mass is 32.2. The lowest BCUT2D eigenvalue weighted by Crippen LogP contribution is -2.44. The zero-order chi connectivity index (χ0) is 18.0. The van der Waals surface area contributed by atoms with Crippen LogP contribution in [0.5, 0.6) is 0 Å². The third-order valence-corrected chi connectivity index (χ3v) is 6.12. The third kappa shape index (κ3) is 4.66. The Kier molecular flexibility index (Phi) is 5.48. The van der Waals surface area contributed by atoms with Gasteiger partial charge in [0.25, 0.3) is 0 Å². The molecular formula is C13H17NO8S2. The fraction of sp³-hybridized carbons (Fsp3) is 0.462. The molecule has 0 aromatic heterocycles. The second-order valence-corrected chi connectivity index (χ2v) is 8.90. The Labute approximate surface area is 139 Å². The highest BCUT2D eigenvalue weighted by molar-refractivity contribution is 7.93. The van der Waals surface area contributed by atoms with Crippen molar-refractivity contribution in [3.63, 3.8) is 0 Å². The third-order valence-electron chi connectivity index (χ3n) is 3.33. The zero-order valence-corrected chi connectivity index (χ0v) is 14.3. The molecule has 0 bridgehead atoms. The Balaban J connectivity index is 2.22. The van der Waals surface area contributed by atoms with E-state index in [0.717, 1.165) is 6.26 Å². The summed E-state index contributed by atoms with van der Waals surface area (Å²) >= 11 is 0. The van der Waals surface area contributed by atoms with Gasteiger partial charge in [0, 0.05) is 19.1 Å². The predicted octanol–water partition coefficient (Wildman–Crippen LogP) is 0.568. The molecule has 0 spiro atoms. The molecule has 2 rings (SSSR count). The first-order valence-electron chi connectivity index (χ1n) is 6.92. The van der Waals surface area contributed by atoms with E-state index in [0.29, 0.717) is 6.42 Å². The summed E-state index contributed by atoms with van der Waals surface area (Å²) in [5.41, 5.74) is 0. The number of hydrogen-bond acceptors (Lipinski definition) is 7. The number of sulfone groups is 1. The molecule has 1 aliphatic rings. The van der Waals surface area contributed by atoms with E-state index in [9.17, 15) is 21.6 Å². The van der Waals surface area contributed by atoms with Gasteiger partial charge in [0.1, 0.15) is 17.2 Å². The maximum atomic E-state index is 12.5. The summed E-state index contributed by atoms with van der Waals surface area (Å²) in [5, 5.41) is 8.62. The molecule has 1 fully saturated rings. The second kappa shape index (κ2) is 7.05. The Bertz CT molecular complexity index is 818. The molecule has 1 aromatic carbocycles. The molecule has 134 valence electrons. The molecule has 1 heterocycles. The van der Waals surface area contributed by atoms with E-state index in [-0.39, 0.29) is 17.9 Å². The van der Waals surface area contributed by atoms with Gasteiger partial charge in [0.05, 0.1) is 11.5 Å². The summed E-state index contributed by atoms with van der Waals surface area (Å²) in [4.78, 5) is 9.85. The molecule has 2 atom stereocenters. The Morgan fingerprint density at radius 1 is 1.25 bits per heavy atom. The smallest absolute Gasteiger partial charge is 0.450 e. The van der Waals surface area contributed by atoms with Crippen molar-refractivity contribution in [2.24, 2.45) is 0 Å². The van der Waals surface area contributed by atoms with Crippen molar-refractivity contribution in [2.45, 2.75) is 35.0 Å². The Morgan fingerprint density at radius 2 is 1.88 bits per heavy atom. The molecule has 1 aromatic rings. The topological polar surface area (TPSA) is 136 Å². The van der Waals surface area contributed by atoms with Crippen molar-refractivity contribution >= 4 is 26.0 Å². The van der Waals surface area contributed by atoms with Gasteiger partial charge in [-0.1, -0.05) is 12.1 Å². The molecule has 1 saturated heterocycles. The normalized spacial score (nSPS) is 22.0. The van der Waals surface area contributed by atoms with Crippen molar-refractivity contribution in [3.05, 3.63) is 24.3 Å². The maximum Gasteiger partial charge on any atom is 0.506 e. The number of benzene rings is 1. The van der Waals surface area contributed by atoms with Crippen molar-refractivity contribution in [1.82, 2.24) is 4.72 Å². The van der Waals surface area contributed by atoms with E-state index < -0.39 is 43.2 Å². The van der Waals surface area contributed by atoms with Crippen LogP contribution in [0, 0.1) is 0 Å². The van der Waals surface area contributed by atoms with Gasteiger partial charge in [-0.3, -0.25) is 0 Å². The number of ether oxygens (including phenoxy) is 2. The van der Waals surface area contributed by atoms with Crippen LogP contribution < -0.4 is 4.72 Å². The van der Waals surface area contributed by atoms with Crippen LogP contribution in [-0.2, 0) is 29.3 Å². The van der Waals surface area contributed by atoms with Gasteiger partial charge in [0.2, 0.25) is 10.0 Å². The Hall–Kier alpha value is -1.69. The molecule has 0 amide bonds. The van der Waals surface area contributed by atoms with Crippen LogP contribution in [0.3, 0.4) is 0 Å². The number of sulfonamides is 1. The van der Waals surface area contributed by atoms with E-state index in [1.54, 1.807) is 0 Å². The number of carbonyl (C=O) groups is 1.